The van der Waals surface area contributed by atoms with Crippen molar-refractivity contribution in [2.45, 2.75) is 38.9 Å². The van der Waals surface area contributed by atoms with Crippen LogP contribution in [0.1, 0.15) is 25.0 Å². The third-order valence-electron chi connectivity index (χ3n) is 5.37. The Morgan fingerprint density at radius 1 is 0.914 bits per heavy atom. The molecule has 0 bridgehead atoms. The minimum absolute atomic E-state index is 0.0615. The second-order valence-corrected chi connectivity index (χ2v) is 9.40. The fraction of sp³-hybridized carbons (Fsp3) is 0.286. The van der Waals surface area contributed by atoms with E-state index in [1.807, 2.05) is 80.6 Å². The molecule has 6 nitrogen and oxygen atoms in total. The third-order valence-corrected chi connectivity index (χ3v) is 5.89. The van der Waals surface area contributed by atoms with E-state index in [0.717, 1.165) is 15.6 Å². The number of amides is 2. The Labute approximate surface area is 215 Å². The summed E-state index contributed by atoms with van der Waals surface area (Å²) in [5, 5.41) is 2.98. The van der Waals surface area contributed by atoms with Crippen LogP contribution >= 0.6 is 15.9 Å². The number of methoxy groups -OCH3 is 1. The fourth-order valence-corrected chi connectivity index (χ4v) is 3.93. The Morgan fingerprint density at radius 3 is 2.26 bits per heavy atom. The Morgan fingerprint density at radius 2 is 1.60 bits per heavy atom. The Balaban J connectivity index is 1.91. The molecule has 3 rings (SSSR count). The first-order valence-corrected chi connectivity index (χ1v) is 12.3. The van der Waals surface area contributed by atoms with Gasteiger partial charge in [0, 0.05) is 23.5 Å². The highest BCUT2D eigenvalue weighted by molar-refractivity contribution is 9.10. The van der Waals surface area contributed by atoms with E-state index in [1.54, 1.807) is 24.1 Å². The van der Waals surface area contributed by atoms with Crippen molar-refractivity contribution in [3.05, 3.63) is 94.5 Å². The molecule has 0 saturated heterocycles. The first-order valence-electron chi connectivity index (χ1n) is 11.5. The molecule has 0 aliphatic heterocycles. The maximum absolute atomic E-state index is 13.5. The van der Waals surface area contributed by atoms with Gasteiger partial charge in [0.15, 0.2) is 6.61 Å². The highest BCUT2D eigenvalue weighted by Crippen LogP contribution is 2.20. The summed E-state index contributed by atoms with van der Waals surface area (Å²) >= 11 is 3.40. The van der Waals surface area contributed by atoms with E-state index < -0.39 is 6.04 Å². The zero-order valence-electron chi connectivity index (χ0n) is 20.2. The average molecular weight is 539 g/mol. The summed E-state index contributed by atoms with van der Waals surface area (Å²) < 4.78 is 12.1. The van der Waals surface area contributed by atoms with Crippen LogP contribution in [0.4, 0.5) is 0 Å². The van der Waals surface area contributed by atoms with Gasteiger partial charge >= 0.3 is 0 Å². The lowest BCUT2D eigenvalue weighted by atomic mass is 10.0. The maximum atomic E-state index is 13.5. The number of benzene rings is 3. The largest absolute Gasteiger partial charge is 0.497 e. The molecule has 0 spiro atoms. The lowest BCUT2D eigenvalue weighted by Gasteiger charge is -2.32. The van der Waals surface area contributed by atoms with Gasteiger partial charge in [-0.2, -0.15) is 0 Å². The van der Waals surface area contributed by atoms with Crippen molar-refractivity contribution in [3.63, 3.8) is 0 Å². The van der Waals surface area contributed by atoms with Crippen LogP contribution in [0.2, 0.25) is 0 Å². The van der Waals surface area contributed by atoms with Gasteiger partial charge in [0.25, 0.3) is 5.91 Å². The summed E-state index contributed by atoms with van der Waals surface area (Å²) in [6, 6.07) is 23.7. The van der Waals surface area contributed by atoms with Gasteiger partial charge in [-0.1, -0.05) is 58.4 Å². The second-order valence-electron chi connectivity index (χ2n) is 8.48. The van der Waals surface area contributed by atoms with E-state index >= 15 is 0 Å². The molecule has 35 heavy (non-hydrogen) atoms. The number of hydrogen-bond acceptors (Lipinski definition) is 4. The summed E-state index contributed by atoms with van der Waals surface area (Å²) in [7, 11) is 1.60. The van der Waals surface area contributed by atoms with Crippen LogP contribution in [-0.2, 0) is 22.6 Å². The van der Waals surface area contributed by atoms with Gasteiger partial charge in [-0.15, -0.1) is 0 Å². The van der Waals surface area contributed by atoms with E-state index in [9.17, 15) is 9.59 Å². The minimum atomic E-state index is -0.716. The van der Waals surface area contributed by atoms with Gasteiger partial charge in [-0.3, -0.25) is 9.59 Å². The molecule has 7 heteroatoms. The number of nitrogens with one attached hydrogen (secondary N) is 1. The first-order chi connectivity index (χ1) is 16.9. The molecule has 0 radical (unpaired) electrons. The van der Waals surface area contributed by atoms with Crippen molar-refractivity contribution in [1.82, 2.24) is 10.2 Å². The quantitative estimate of drug-likeness (QED) is 0.373. The first kappa shape index (κ1) is 26.3. The lowest BCUT2D eigenvalue weighted by Crippen LogP contribution is -2.52. The van der Waals surface area contributed by atoms with Crippen LogP contribution in [0.15, 0.2) is 83.3 Å². The van der Waals surface area contributed by atoms with Gasteiger partial charge < -0.3 is 19.7 Å². The Bertz CT molecular complexity index is 1100. The van der Waals surface area contributed by atoms with E-state index in [2.05, 4.69) is 21.2 Å². The van der Waals surface area contributed by atoms with Crippen LogP contribution in [0, 0.1) is 0 Å². The molecule has 0 fully saturated rings. The van der Waals surface area contributed by atoms with Gasteiger partial charge in [-0.25, -0.2) is 0 Å². The fourth-order valence-electron chi connectivity index (χ4n) is 3.66. The van der Waals surface area contributed by atoms with E-state index in [-0.39, 0.29) is 31.0 Å². The lowest BCUT2D eigenvalue weighted by molar-refractivity contribution is -0.143. The van der Waals surface area contributed by atoms with Crippen molar-refractivity contribution in [2.24, 2.45) is 0 Å². The van der Waals surface area contributed by atoms with Gasteiger partial charge in [0.1, 0.15) is 17.5 Å². The summed E-state index contributed by atoms with van der Waals surface area (Å²) in [6.07, 6.45) is 0.382. The minimum Gasteiger partial charge on any atom is -0.497 e. The summed E-state index contributed by atoms with van der Waals surface area (Å²) in [6.45, 7) is 3.86. The van der Waals surface area contributed by atoms with Crippen molar-refractivity contribution >= 4 is 27.7 Å². The molecular formula is C28H31BrN2O4. The number of nitrogens with zero attached hydrogens (tertiary/aromatic N) is 1. The van der Waals surface area contributed by atoms with E-state index in [1.165, 1.54) is 0 Å². The highest BCUT2D eigenvalue weighted by Gasteiger charge is 2.31. The van der Waals surface area contributed by atoms with Gasteiger partial charge in [0.05, 0.1) is 7.11 Å². The maximum Gasteiger partial charge on any atom is 0.261 e. The van der Waals surface area contributed by atoms with Crippen LogP contribution in [0.5, 0.6) is 11.5 Å². The molecule has 184 valence electrons. The zero-order chi connectivity index (χ0) is 25.2. The molecule has 0 saturated carbocycles. The average Bonchev–Trinajstić information content (AvgIpc) is 2.86. The standard InChI is InChI=1S/C28H31BrN2O4/c1-20(2)30-28(33)26(17-21-8-5-4-6-9-21)31(18-22-10-7-11-25(16-22)34-3)27(32)19-35-24-14-12-23(29)13-15-24/h4-16,20,26H,17-19H2,1-3H3,(H,30,33)/t26-/m1/s1. The van der Waals surface area contributed by atoms with Gasteiger partial charge in [0.2, 0.25) is 5.91 Å². The SMILES string of the molecule is COc1cccc(CN(C(=O)COc2ccc(Br)cc2)[C@H](Cc2ccccc2)C(=O)NC(C)C)c1. The number of ether oxygens (including phenoxy) is 2. The zero-order valence-corrected chi connectivity index (χ0v) is 21.8. The molecule has 3 aromatic rings. The van der Waals surface area contributed by atoms with Gasteiger partial charge in [-0.05, 0) is 61.4 Å². The Kier molecular flexibility index (Phi) is 9.73. The monoisotopic (exact) mass is 538 g/mol. The molecule has 0 aliphatic rings. The highest BCUT2D eigenvalue weighted by atomic mass is 79.9. The number of hydrogen-bond donors (Lipinski definition) is 1. The molecule has 0 aliphatic carbocycles. The molecule has 1 atom stereocenters. The van der Waals surface area contributed by atoms with Crippen molar-refractivity contribution in [1.29, 1.82) is 0 Å². The second kappa shape index (κ2) is 13.0. The van der Waals surface area contributed by atoms with Crippen LogP contribution in [0.3, 0.4) is 0 Å². The van der Waals surface area contributed by atoms with Crippen molar-refractivity contribution < 1.29 is 19.1 Å². The van der Waals surface area contributed by atoms with E-state index in [0.29, 0.717) is 17.9 Å². The third kappa shape index (κ3) is 8.14. The smallest absolute Gasteiger partial charge is 0.261 e. The van der Waals surface area contributed by atoms with Crippen molar-refractivity contribution in [3.8, 4) is 11.5 Å². The molecule has 0 aromatic heterocycles. The number of rotatable bonds is 11. The number of halogens is 1. The summed E-state index contributed by atoms with van der Waals surface area (Å²) in [5.41, 5.74) is 1.82. The van der Waals surface area contributed by atoms with Crippen LogP contribution in [-0.4, -0.2) is 42.5 Å². The predicted octanol–water partition coefficient (Wildman–Crippen LogP) is 5.00. The predicted molar refractivity (Wildman–Crippen MR) is 140 cm³/mol. The summed E-state index contributed by atoms with van der Waals surface area (Å²) in [5.74, 6) is 0.778. The van der Waals surface area contributed by atoms with Crippen LogP contribution < -0.4 is 14.8 Å². The number of carbonyl (C=O) groups excluding carboxylic acids is 2. The molecule has 1 N–H and O–H groups in total. The normalized spacial score (nSPS) is 11.6. The summed E-state index contributed by atoms with van der Waals surface area (Å²) in [4.78, 5) is 28.5. The van der Waals surface area contributed by atoms with E-state index in [4.69, 9.17) is 9.47 Å². The molecular weight excluding hydrogens is 508 g/mol. The molecule has 3 aromatic carbocycles. The van der Waals surface area contributed by atoms with Crippen LogP contribution in [0.25, 0.3) is 0 Å². The number of carbonyl (C=O) groups is 2. The molecule has 2 amide bonds. The Hall–Kier alpha value is -3.32. The van der Waals surface area contributed by atoms with Crippen molar-refractivity contribution in [2.75, 3.05) is 13.7 Å². The molecule has 0 heterocycles. The molecule has 0 unspecified atom stereocenters. The topological polar surface area (TPSA) is 67.9 Å².